The van der Waals surface area contributed by atoms with Crippen LogP contribution in [0.15, 0.2) is 30.6 Å². The molecule has 0 saturated carbocycles. The molecule has 1 saturated heterocycles. The van der Waals surface area contributed by atoms with Crippen molar-refractivity contribution < 1.29 is 14.6 Å². The molecule has 1 aromatic carbocycles. The molecule has 8 heteroatoms. The summed E-state index contributed by atoms with van der Waals surface area (Å²) < 4.78 is 5.61. The van der Waals surface area contributed by atoms with Crippen LogP contribution in [0.4, 0.5) is 5.95 Å². The quantitative estimate of drug-likeness (QED) is 0.873. The minimum absolute atomic E-state index is 0.210. The number of carboxylic acid groups (broad SMARTS) is 1. The fraction of sp³-hybridized carbons (Fsp3) is 0.312. The van der Waals surface area contributed by atoms with E-state index in [1.165, 1.54) is 0 Å². The third-order valence-electron chi connectivity index (χ3n) is 3.94. The van der Waals surface area contributed by atoms with Crippen molar-refractivity contribution in [2.45, 2.75) is 13.5 Å². The van der Waals surface area contributed by atoms with Gasteiger partial charge in [-0.15, -0.1) is 0 Å². The lowest BCUT2D eigenvalue weighted by molar-refractivity contribution is -0.149. The van der Waals surface area contributed by atoms with Crippen molar-refractivity contribution in [1.29, 1.82) is 0 Å². The van der Waals surface area contributed by atoms with Crippen LogP contribution < -0.4 is 9.64 Å². The van der Waals surface area contributed by atoms with Gasteiger partial charge in [0, 0.05) is 28.7 Å². The van der Waals surface area contributed by atoms with Crippen LogP contribution in [0, 0.1) is 5.41 Å². The molecule has 126 valence electrons. The van der Waals surface area contributed by atoms with E-state index in [0.717, 1.165) is 0 Å². The average molecular weight is 368 g/mol. The van der Waals surface area contributed by atoms with Gasteiger partial charge in [0.1, 0.15) is 12.0 Å². The molecule has 24 heavy (non-hydrogen) atoms. The Morgan fingerprint density at radius 2 is 1.88 bits per heavy atom. The van der Waals surface area contributed by atoms with Gasteiger partial charge >= 0.3 is 5.97 Å². The van der Waals surface area contributed by atoms with Crippen molar-refractivity contribution in [3.63, 3.8) is 0 Å². The summed E-state index contributed by atoms with van der Waals surface area (Å²) in [5.41, 5.74) is -0.0378. The number of hydrogen-bond donors (Lipinski definition) is 1. The molecular formula is C16H15Cl2N3O3. The van der Waals surface area contributed by atoms with Gasteiger partial charge in [-0.2, -0.15) is 0 Å². The van der Waals surface area contributed by atoms with E-state index in [-0.39, 0.29) is 6.61 Å². The first kappa shape index (κ1) is 16.8. The standard InChI is InChI=1S/C16H15Cl2N3O3/c1-16(14(22)23)8-21(9-16)15-19-5-10(6-20-15)24-7-11-12(17)3-2-4-13(11)18/h2-6H,7-9H2,1H3,(H,22,23). The lowest BCUT2D eigenvalue weighted by Crippen LogP contribution is -2.59. The highest BCUT2D eigenvalue weighted by atomic mass is 35.5. The van der Waals surface area contributed by atoms with E-state index in [9.17, 15) is 4.79 Å². The summed E-state index contributed by atoms with van der Waals surface area (Å²) in [6.45, 7) is 2.69. The third kappa shape index (κ3) is 3.25. The maximum atomic E-state index is 11.1. The Bertz CT molecular complexity index is 741. The Morgan fingerprint density at radius 3 is 2.42 bits per heavy atom. The van der Waals surface area contributed by atoms with E-state index >= 15 is 0 Å². The number of carboxylic acids is 1. The first-order valence-electron chi connectivity index (χ1n) is 7.25. The van der Waals surface area contributed by atoms with Gasteiger partial charge in [-0.25, -0.2) is 9.97 Å². The number of aromatic nitrogens is 2. The maximum absolute atomic E-state index is 11.1. The lowest BCUT2D eigenvalue weighted by atomic mass is 9.82. The Balaban J connectivity index is 1.61. The van der Waals surface area contributed by atoms with Gasteiger partial charge in [0.05, 0.1) is 12.4 Å². The normalized spacial score (nSPS) is 15.7. The monoisotopic (exact) mass is 367 g/mol. The van der Waals surface area contributed by atoms with Gasteiger partial charge in [0.15, 0.2) is 5.75 Å². The van der Waals surface area contributed by atoms with Crippen LogP contribution >= 0.6 is 23.2 Å². The van der Waals surface area contributed by atoms with Crippen molar-refractivity contribution in [2.75, 3.05) is 18.0 Å². The lowest BCUT2D eigenvalue weighted by Gasteiger charge is -2.44. The highest BCUT2D eigenvalue weighted by Gasteiger charge is 2.46. The Hall–Kier alpha value is -2.05. The largest absolute Gasteiger partial charge is 0.486 e. The van der Waals surface area contributed by atoms with Crippen LogP contribution in [0.2, 0.25) is 10.0 Å². The molecule has 0 aliphatic carbocycles. The predicted octanol–water partition coefficient (Wildman–Crippen LogP) is 3.27. The minimum Gasteiger partial charge on any atom is -0.486 e. The molecule has 1 aliphatic heterocycles. The number of nitrogens with zero attached hydrogens (tertiary/aromatic N) is 3. The second-order valence-corrected chi connectivity index (χ2v) is 6.74. The molecule has 3 rings (SSSR count). The summed E-state index contributed by atoms with van der Waals surface area (Å²) in [6.07, 6.45) is 3.09. The first-order chi connectivity index (χ1) is 11.4. The third-order valence-corrected chi connectivity index (χ3v) is 4.65. The van der Waals surface area contributed by atoms with E-state index in [1.807, 2.05) is 4.90 Å². The van der Waals surface area contributed by atoms with Crippen LogP contribution in [-0.4, -0.2) is 34.1 Å². The van der Waals surface area contributed by atoms with Gasteiger partial charge in [-0.3, -0.25) is 4.79 Å². The molecule has 1 aromatic heterocycles. The van der Waals surface area contributed by atoms with Crippen molar-refractivity contribution in [1.82, 2.24) is 9.97 Å². The number of anilines is 1. The molecule has 2 heterocycles. The second-order valence-electron chi connectivity index (χ2n) is 5.93. The molecule has 0 radical (unpaired) electrons. The summed E-state index contributed by atoms with van der Waals surface area (Å²) in [5.74, 6) is 0.156. The Kier molecular flexibility index (Phi) is 4.51. The molecule has 0 spiro atoms. The molecule has 0 atom stereocenters. The topological polar surface area (TPSA) is 75.5 Å². The number of halogens is 2. The van der Waals surface area contributed by atoms with Gasteiger partial charge in [-0.1, -0.05) is 29.3 Å². The highest BCUT2D eigenvalue weighted by molar-refractivity contribution is 6.35. The molecule has 0 bridgehead atoms. The van der Waals surface area contributed by atoms with Crippen molar-refractivity contribution in [3.8, 4) is 5.75 Å². The minimum atomic E-state index is -0.810. The summed E-state index contributed by atoms with van der Waals surface area (Å²) in [5, 5.41) is 10.2. The van der Waals surface area contributed by atoms with Crippen LogP contribution in [0.3, 0.4) is 0 Å². The molecule has 0 amide bonds. The fourth-order valence-electron chi connectivity index (χ4n) is 2.45. The Morgan fingerprint density at radius 1 is 1.29 bits per heavy atom. The molecule has 6 nitrogen and oxygen atoms in total. The zero-order chi connectivity index (χ0) is 17.3. The van der Waals surface area contributed by atoms with Crippen LogP contribution in [0.5, 0.6) is 5.75 Å². The van der Waals surface area contributed by atoms with Gasteiger partial charge in [0.25, 0.3) is 0 Å². The van der Waals surface area contributed by atoms with Crippen molar-refractivity contribution in [3.05, 3.63) is 46.2 Å². The Labute approximate surface area is 149 Å². The van der Waals surface area contributed by atoms with Crippen molar-refractivity contribution >= 4 is 35.1 Å². The molecule has 2 aromatic rings. The molecule has 0 unspecified atom stereocenters. The molecule has 1 aliphatic rings. The molecular weight excluding hydrogens is 353 g/mol. The summed E-state index contributed by atoms with van der Waals surface area (Å²) in [4.78, 5) is 21.3. The number of hydrogen-bond acceptors (Lipinski definition) is 5. The van der Waals surface area contributed by atoms with E-state index in [4.69, 9.17) is 33.0 Å². The molecule has 1 fully saturated rings. The van der Waals surface area contributed by atoms with Crippen LogP contribution in [0.25, 0.3) is 0 Å². The van der Waals surface area contributed by atoms with Crippen LogP contribution in [-0.2, 0) is 11.4 Å². The van der Waals surface area contributed by atoms with Crippen molar-refractivity contribution in [2.24, 2.45) is 5.41 Å². The highest BCUT2D eigenvalue weighted by Crippen LogP contribution is 2.32. The summed E-state index contributed by atoms with van der Waals surface area (Å²) >= 11 is 12.2. The molecule has 1 N–H and O–H groups in total. The van der Waals surface area contributed by atoms with Crippen LogP contribution in [0.1, 0.15) is 12.5 Å². The van der Waals surface area contributed by atoms with E-state index in [0.29, 0.717) is 40.4 Å². The predicted molar refractivity (Wildman–Crippen MR) is 90.8 cm³/mol. The van der Waals surface area contributed by atoms with Gasteiger partial charge < -0.3 is 14.7 Å². The average Bonchev–Trinajstić information content (AvgIpc) is 2.52. The smallest absolute Gasteiger partial charge is 0.312 e. The number of benzene rings is 1. The van der Waals surface area contributed by atoms with E-state index in [2.05, 4.69) is 9.97 Å². The zero-order valence-corrected chi connectivity index (χ0v) is 14.4. The first-order valence-corrected chi connectivity index (χ1v) is 8.01. The second kappa shape index (κ2) is 6.45. The maximum Gasteiger partial charge on any atom is 0.312 e. The number of aliphatic carboxylic acids is 1. The number of rotatable bonds is 5. The fourth-order valence-corrected chi connectivity index (χ4v) is 2.95. The summed E-state index contributed by atoms with van der Waals surface area (Å²) in [7, 11) is 0. The summed E-state index contributed by atoms with van der Waals surface area (Å²) in [6, 6.07) is 5.26. The van der Waals surface area contributed by atoms with Gasteiger partial charge in [-0.05, 0) is 19.1 Å². The number of ether oxygens (including phenoxy) is 1. The van der Waals surface area contributed by atoms with E-state index < -0.39 is 11.4 Å². The van der Waals surface area contributed by atoms with Gasteiger partial charge in [0.2, 0.25) is 5.95 Å². The zero-order valence-electron chi connectivity index (χ0n) is 12.9. The number of carbonyl (C=O) groups is 1. The SMILES string of the molecule is CC1(C(=O)O)CN(c2ncc(OCc3c(Cl)cccc3Cl)cn2)C1. The van der Waals surface area contributed by atoms with E-state index in [1.54, 1.807) is 37.5 Å².